The summed E-state index contributed by atoms with van der Waals surface area (Å²) in [7, 11) is 0. The zero-order chi connectivity index (χ0) is 36.8. The molecule has 0 amide bonds. The first-order valence-corrected chi connectivity index (χ1v) is 21.4. The van der Waals surface area contributed by atoms with Gasteiger partial charge in [0, 0.05) is 85.4 Å². The van der Waals surface area contributed by atoms with E-state index in [0.717, 1.165) is 54.4 Å². The summed E-state index contributed by atoms with van der Waals surface area (Å²) in [6.45, 7) is 5.65. The summed E-state index contributed by atoms with van der Waals surface area (Å²) >= 11 is 4.24. The van der Waals surface area contributed by atoms with Crippen molar-refractivity contribution >= 4 is 97.0 Å². The minimum Gasteiger partial charge on any atom is -0.463 e. The van der Waals surface area contributed by atoms with E-state index in [0.29, 0.717) is 13.0 Å². The van der Waals surface area contributed by atoms with Crippen molar-refractivity contribution in [2.45, 2.75) is 129 Å². The molecule has 21 heteroatoms. The van der Waals surface area contributed by atoms with Crippen molar-refractivity contribution in [1.29, 1.82) is 0 Å². The van der Waals surface area contributed by atoms with Crippen molar-refractivity contribution in [2.75, 3.05) is 19.8 Å². The lowest BCUT2D eigenvalue weighted by atomic mass is 9.96. The molecule has 0 N–H and O–H groups in total. The van der Waals surface area contributed by atoms with E-state index in [1.807, 2.05) is 0 Å². The molecule has 0 aromatic rings. The third kappa shape index (κ3) is 15.0. The van der Waals surface area contributed by atoms with Crippen LogP contribution in [0.4, 0.5) is 4.39 Å². The summed E-state index contributed by atoms with van der Waals surface area (Å²) in [5.41, 5.74) is 0. The van der Waals surface area contributed by atoms with Gasteiger partial charge in [-0.05, 0) is 19.3 Å². The number of carbonyl (C=O) groups excluding carboxylic acids is 6. The molecule has 3 saturated heterocycles. The topological polar surface area (TPSA) is 204 Å². The summed E-state index contributed by atoms with van der Waals surface area (Å²) < 4.78 is 76.5. The van der Waals surface area contributed by atoms with Crippen molar-refractivity contribution in [1.82, 2.24) is 0 Å². The van der Waals surface area contributed by atoms with E-state index >= 15 is 4.39 Å². The molecule has 3 rings (SSSR count). The van der Waals surface area contributed by atoms with Crippen LogP contribution in [0.15, 0.2) is 0 Å². The predicted octanol–water partition coefficient (Wildman–Crippen LogP) is 2.95. The first-order chi connectivity index (χ1) is 23.2. The Morgan fingerprint density at radius 3 is 1.50 bits per heavy atom. The Labute approximate surface area is 328 Å². The first kappa shape index (κ1) is 46.8. The van der Waals surface area contributed by atoms with E-state index in [9.17, 15) is 28.8 Å². The van der Waals surface area contributed by atoms with Crippen LogP contribution in [0, 0.1) is 0 Å². The normalized spacial score (nSPS) is 32.0. The number of esters is 6. The molecule has 0 radical (unpaired) electrons. The summed E-state index contributed by atoms with van der Waals surface area (Å²) in [6.07, 6.45) is -15.3. The first-order valence-electron chi connectivity index (χ1n) is 15.1. The van der Waals surface area contributed by atoms with Crippen LogP contribution in [-0.2, 0) is 80.9 Å². The van der Waals surface area contributed by atoms with Crippen molar-refractivity contribution in [3.8, 4) is 0 Å². The lowest BCUT2D eigenvalue weighted by molar-refractivity contribution is -0.362. The van der Waals surface area contributed by atoms with Crippen LogP contribution in [0.5, 0.6) is 0 Å². The fraction of sp³-hybridized carbons (Fsp3) is 0.793. The Hall–Kier alpha value is -1.26. The number of hydrogen-bond acceptors (Lipinski definition) is 17. The Balaban J connectivity index is 0.00000409. The number of hydrogen-bond donors (Lipinski definition) is 0. The minimum atomic E-state index is -2.38. The van der Waals surface area contributed by atoms with Gasteiger partial charge in [-0.1, -0.05) is 0 Å². The monoisotopic (exact) mass is 1060 g/mol. The number of ether oxygens (including phenoxy) is 11. The van der Waals surface area contributed by atoms with E-state index in [2.05, 4.69) is 37.2 Å². The van der Waals surface area contributed by atoms with Gasteiger partial charge in [0.25, 0.3) is 0 Å². The van der Waals surface area contributed by atoms with Gasteiger partial charge in [0.05, 0.1) is 0 Å². The van der Waals surface area contributed by atoms with E-state index in [1.54, 1.807) is 0 Å². The van der Waals surface area contributed by atoms with Crippen molar-refractivity contribution in [3.05, 3.63) is 0 Å². The molecule has 3 heterocycles. The molecule has 0 saturated carbocycles. The quantitative estimate of drug-likeness (QED) is 0.157. The smallest absolute Gasteiger partial charge is 0.303 e. The average molecular weight is 1060 g/mol. The molecule has 11 atom stereocenters. The van der Waals surface area contributed by atoms with Gasteiger partial charge in [0.15, 0.2) is 37.0 Å². The molecule has 50 heavy (non-hydrogen) atoms. The van der Waals surface area contributed by atoms with Gasteiger partial charge >= 0.3 is 35.8 Å². The molecule has 0 aromatic heterocycles. The number of rotatable bonds is 12. The Bertz CT molecular complexity index is 1140. The lowest BCUT2D eigenvalue weighted by Gasteiger charge is -2.48. The van der Waals surface area contributed by atoms with Crippen LogP contribution in [0.3, 0.4) is 0 Å². The second-order valence-corrected chi connectivity index (χ2v) is 11.0. The number of carbonyl (C=O) groups is 6. The highest BCUT2D eigenvalue weighted by atomic mass is 128. The molecule has 5 unspecified atom stereocenters. The molecule has 3 aliphatic heterocycles. The van der Waals surface area contributed by atoms with Crippen LogP contribution >= 0.6 is 61.2 Å². The SMILES string of the molecule is CC(=O)OCC1O[C@H](O[C@@H]2C(COC(C)=O)O[C@H](F)C(OC(C)=O)[C@H]2OC(C)=O)C(OC(C)=O)[C@@H](OC(C)=O)[C@@H]1OC1CCCCO1.I.II. The van der Waals surface area contributed by atoms with E-state index in [-0.39, 0.29) is 24.0 Å². The van der Waals surface area contributed by atoms with Crippen LogP contribution < -0.4 is 0 Å². The van der Waals surface area contributed by atoms with Gasteiger partial charge in [-0.2, -0.15) is 0 Å². The molecule has 0 bridgehead atoms. The predicted molar refractivity (Wildman–Crippen MR) is 191 cm³/mol. The van der Waals surface area contributed by atoms with E-state index in [4.69, 9.17) is 52.1 Å². The van der Waals surface area contributed by atoms with Gasteiger partial charge in [-0.25, -0.2) is 4.39 Å². The Morgan fingerprint density at radius 2 is 1.04 bits per heavy atom. The van der Waals surface area contributed by atoms with Gasteiger partial charge in [0.2, 0.25) is 6.36 Å². The van der Waals surface area contributed by atoms with Crippen molar-refractivity contribution in [2.24, 2.45) is 0 Å². The van der Waals surface area contributed by atoms with E-state index in [1.165, 1.54) is 0 Å². The maximum Gasteiger partial charge on any atom is 0.303 e. The third-order valence-corrected chi connectivity index (χ3v) is 7.02. The summed E-state index contributed by atoms with van der Waals surface area (Å²) in [6, 6.07) is 0. The van der Waals surface area contributed by atoms with Gasteiger partial charge in [-0.15, -0.1) is 24.0 Å². The van der Waals surface area contributed by atoms with Crippen molar-refractivity contribution in [3.63, 3.8) is 0 Å². The third-order valence-electron chi connectivity index (χ3n) is 7.02. The Kier molecular flexibility index (Phi) is 21.9. The van der Waals surface area contributed by atoms with E-state index < -0.39 is 117 Å². The van der Waals surface area contributed by atoms with Crippen LogP contribution in [0.2, 0.25) is 0 Å². The maximum absolute atomic E-state index is 15.3. The zero-order valence-electron chi connectivity index (χ0n) is 28.1. The fourth-order valence-electron chi connectivity index (χ4n) is 5.28. The largest absolute Gasteiger partial charge is 0.463 e. The van der Waals surface area contributed by atoms with Gasteiger partial charge in [0.1, 0.15) is 37.6 Å². The average Bonchev–Trinajstić information content (AvgIpc) is 3.01. The van der Waals surface area contributed by atoms with Gasteiger partial charge < -0.3 is 52.1 Å². The number of alkyl halides is 1. The highest BCUT2D eigenvalue weighted by Gasteiger charge is 2.57. The molecule has 0 spiro atoms. The second kappa shape index (κ2) is 23.4. The maximum atomic E-state index is 15.3. The molecule has 3 fully saturated rings. The molecular formula is C29H42FI3O17. The second-order valence-electron chi connectivity index (χ2n) is 11.0. The summed E-state index contributed by atoms with van der Waals surface area (Å²) in [5.74, 6) is -5.05. The van der Waals surface area contributed by atoms with Gasteiger partial charge in [-0.3, -0.25) is 28.8 Å². The molecule has 288 valence electrons. The van der Waals surface area contributed by atoms with Crippen LogP contribution in [-0.4, -0.2) is 123 Å². The lowest BCUT2D eigenvalue weighted by Crippen LogP contribution is -2.67. The highest BCUT2D eigenvalue weighted by molar-refractivity contribution is 15.0. The molecule has 3 aliphatic rings. The molecule has 0 aliphatic carbocycles. The van der Waals surface area contributed by atoms with Crippen LogP contribution in [0.1, 0.15) is 60.8 Å². The standard InChI is InChI=1S/C29H41FO17.I2.HI/c1-13(31)38-11-19-23(24(40-15(3)33)26(28(30)44-19)42-17(5)35)47-29-27(43-18(6)36)25(41-16(4)34)22(20(45-29)12-39-14(2)32)46-21-9-7-8-10-37-21;1-2;/h19-29H,7-12H2,1-6H3;;1H/t19?,20?,21?,22-,23-,24+,25+,26?,27?,28+,29-;;/m1../s1. The van der Waals surface area contributed by atoms with Crippen LogP contribution in [0.25, 0.3) is 0 Å². The minimum absolute atomic E-state index is 0. The summed E-state index contributed by atoms with van der Waals surface area (Å²) in [5, 5.41) is 0. The molecule has 0 aromatic carbocycles. The Morgan fingerprint density at radius 1 is 0.600 bits per heavy atom. The zero-order valence-corrected chi connectivity index (χ0v) is 34.7. The number of halogens is 4. The summed E-state index contributed by atoms with van der Waals surface area (Å²) in [4.78, 5) is 72.3. The highest BCUT2D eigenvalue weighted by Crippen LogP contribution is 2.36. The molecular weight excluding hydrogens is 1020 g/mol. The fourth-order valence-corrected chi connectivity index (χ4v) is 5.28. The van der Waals surface area contributed by atoms with Crippen molar-refractivity contribution < 1.29 is 85.3 Å². The molecule has 17 nitrogen and oxygen atoms in total.